The molecule has 4 heteroatoms. The van der Waals surface area contributed by atoms with E-state index in [0.717, 1.165) is 11.3 Å². The molecular formula is C11H13NO3. The number of aliphatic imine (C=N–C) groups is 1. The van der Waals surface area contributed by atoms with Crippen LogP contribution in [0.5, 0.6) is 5.75 Å². The topological polar surface area (TPSA) is 47.9 Å². The molecule has 0 fully saturated rings. The van der Waals surface area contributed by atoms with Crippen molar-refractivity contribution in [2.75, 3.05) is 20.8 Å². The molecule has 80 valence electrons. The Morgan fingerprint density at radius 2 is 2.27 bits per heavy atom. The summed E-state index contributed by atoms with van der Waals surface area (Å²) in [6.07, 6.45) is 1.26. The Balaban J connectivity index is 2.85. The van der Waals surface area contributed by atoms with Gasteiger partial charge in [0.15, 0.2) is 0 Å². The van der Waals surface area contributed by atoms with Crippen LogP contribution in [-0.2, 0) is 9.53 Å². The molecule has 0 radical (unpaired) electrons. The number of hydrogen-bond donors (Lipinski definition) is 0. The molecule has 1 aromatic carbocycles. The van der Waals surface area contributed by atoms with Gasteiger partial charge in [0.05, 0.1) is 13.7 Å². The summed E-state index contributed by atoms with van der Waals surface area (Å²) in [5, 5.41) is 0. The normalized spacial score (nSPS) is 11.6. The Hall–Kier alpha value is -1.64. The zero-order chi connectivity index (χ0) is 11.1. The minimum Gasteiger partial charge on any atom is -0.497 e. The highest BCUT2D eigenvalue weighted by molar-refractivity contribution is 5.34. The predicted octanol–water partition coefficient (Wildman–Crippen LogP) is 1.72. The van der Waals surface area contributed by atoms with Gasteiger partial charge in [0, 0.05) is 7.11 Å². The van der Waals surface area contributed by atoms with Gasteiger partial charge in [-0.25, -0.2) is 9.79 Å². The molecule has 1 atom stereocenters. The van der Waals surface area contributed by atoms with Gasteiger partial charge in [-0.3, -0.25) is 0 Å². The van der Waals surface area contributed by atoms with Gasteiger partial charge in [0.2, 0.25) is 6.08 Å². The van der Waals surface area contributed by atoms with Gasteiger partial charge < -0.3 is 9.47 Å². The molecule has 1 unspecified atom stereocenters. The summed E-state index contributed by atoms with van der Waals surface area (Å²) in [5.74, 6) is 0.754. The molecule has 0 amide bonds. The quantitative estimate of drug-likeness (QED) is 0.545. The van der Waals surface area contributed by atoms with Crippen molar-refractivity contribution >= 4 is 6.08 Å². The van der Waals surface area contributed by atoms with Gasteiger partial charge in [0.1, 0.15) is 11.9 Å². The Labute approximate surface area is 88.5 Å². The summed E-state index contributed by atoms with van der Waals surface area (Å²) < 4.78 is 10.3. The fourth-order valence-corrected chi connectivity index (χ4v) is 1.28. The largest absolute Gasteiger partial charge is 0.497 e. The van der Waals surface area contributed by atoms with Gasteiger partial charge in [-0.2, -0.15) is 0 Å². The molecule has 0 heterocycles. The molecular weight excluding hydrogens is 194 g/mol. The summed E-state index contributed by atoms with van der Waals surface area (Å²) in [5.41, 5.74) is 0.927. The Bertz CT molecular complexity index is 359. The van der Waals surface area contributed by atoms with Crippen LogP contribution in [0.4, 0.5) is 0 Å². The number of methoxy groups -OCH3 is 2. The SMILES string of the molecule is COc1cccc(C(CN=C=O)OC)c1. The first-order valence-corrected chi connectivity index (χ1v) is 4.52. The number of rotatable bonds is 5. The zero-order valence-corrected chi connectivity index (χ0v) is 8.77. The number of carbonyl (C=O) groups excluding carboxylic acids is 1. The fourth-order valence-electron chi connectivity index (χ4n) is 1.28. The monoisotopic (exact) mass is 207 g/mol. The molecule has 0 bridgehead atoms. The first-order chi connectivity index (χ1) is 7.31. The van der Waals surface area contributed by atoms with E-state index < -0.39 is 0 Å². The van der Waals surface area contributed by atoms with Crippen LogP contribution in [0.2, 0.25) is 0 Å². The van der Waals surface area contributed by atoms with Crippen molar-refractivity contribution in [2.24, 2.45) is 4.99 Å². The van der Waals surface area contributed by atoms with Gasteiger partial charge in [-0.15, -0.1) is 0 Å². The fraction of sp³-hybridized carbons (Fsp3) is 0.364. The lowest BCUT2D eigenvalue weighted by Gasteiger charge is -2.13. The second-order valence-corrected chi connectivity index (χ2v) is 2.93. The third kappa shape index (κ3) is 3.20. The number of isocyanates is 1. The third-order valence-corrected chi connectivity index (χ3v) is 2.07. The minimum atomic E-state index is -0.235. The van der Waals surface area contributed by atoms with E-state index in [9.17, 15) is 4.79 Å². The van der Waals surface area contributed by atoms with E-state index in [1.54, 1.807) is 14.2 Å². The van der Waals surface area contributed by atoms with Crippen LogP contribution in [-0.4, -0.2) is 26.8 Å². The first-order valence-electron chi connectivity index (χ1n) is 4.52. The smallest absolute Gasteiger partial charge is 0.235 e. The molecule has 15 heavy (non-hydrogen) atoms. The molecule has 1 rings (SSSR count). The highest BCUT2D eigenvalue weighted by Crippen LogP contribution is 2.21. The minimum absolute atomic E-state index is 0.235. The highest BCUT2D eigenvalue weighted by atomic mass is 16.5. The Morgan fingerprint density at radius 3 is 2.87 bits per heavy atom. The van der Waals surface area contributed by atoms with Crippen LogP contribution < -0.4 is 4.74 Å². The van der Waals surface area contributed by atoms with E-state index in [-0.39, 0.29) is 12.6 Å². The predicted molar refractivity (Wildman–Crippen MR) is 55.7 cm³/mol. The van der Waals surface area contributed by atoms with Crippen LogP contribution in [0, 0.1) is 0 Å². The summed E-state index contributed by atoms with van der Waals surface area (Å²) in [7, 11) is 3.18. The van der Waals surface area contributed by atoms with Crippen molar-refractivity contribution in [1.82, 2.24) is 0 Å². The maximum absolute atomic E-state index is 10.0. The molecule has 0 aliphatic rings. The summed E-state index contributed by atoms with van der Waals surface area (Å²) in [4.78, 5) is 13.5. The second kappa shape index (κ2) is 5.96. The lowest BCUT2D eigenvalue weighted by molar-refractivity contribution is 0.111. The Morgan fingerprint density at radius 1 is 1.47 bits per heavy atom. The van der Waals surface area contributed by atoms with Crippen molar-refractivity contribution in [2.45, 2.75) is 6.10 Å². The number of benzene rings is 1. The van der Waals surface area contributed by atoms with Crippen LogP contribution >= 0.6 is 0 Å². The number of ether oxygens (including phenoxy) is 2. The maximum Gasteiger partial charge on any atom is 0.235 e. The van der Waals surface area contributed by atoms with E-state index in [4.69, 9.17) is 9.47 Å². The van der Waals surface area contributed by atoms with Crippen molar-refractivity contribution < 1.29 is 14.3 Å². The lowest BCUT2D eigenvalue weighted by atomic mass is 10.1. The molecule has 4 nitrogen and oxygen atoms in total. The van der Waals surface area contributed by atoms with Gasteiger partial charge in [-0.1, -0.05) is 12.1 Å². The third-order valence-electron chi connectivity index (χ3n) is 2.07. The van der Waals surface area contributed by atoms with E-state index in [2.05, 4.69) is 4.99 Å². The summed E-state index contributed by atoms with van der Waals surface area (Å²) in [6.45, 7) is 0.271. The second-order valence-electron chi connectivity index (χ2n) is 2.93. The van der Waals surface area contributed by atoms with Crippen LogP contribution in [0.15, 0.2) is 29.3 Å². The first kappa shape index (κ1) is 11.4. The van der Waals surface area contributed by atoms with Gasteiger partial charge in [-0.05, 0) is 17.7 Å². The molecule has 0 aliphatic heterocycles. The molecule has 0 N–H and O–H groups in total. The van der Waals surface area contributed by atoms with Crippen LogP contribution in [0.1, 0.15) is 11.7 Å². The van der Waals surface area contributed by atoms with E-state index in [0.29, 0.717) is 0 Å². The van der Waals surface area contributed by atoms with Gasteiger partial charge in [0.25, 0.3) is 0 Å². The standard InChI is InChI=1S/C11H13NO3/c1-14-10-5-3-4-9(6-10)11(15-2)7-12-8-13/h3-6,11H,7H2,1-2H3. The van der Waals surface area contributed by atoms with E-state index in [1.165, 1.54) is 6.08 Å². The summed E-state index contributed by atoms with van der Waals surface area (Å²) in [6, 6.07) is 7.47. The molecule has 0 saturated heterocycles. The number of nitrogens with zero attached hydrogens (tertiary/aromatic N) is 1. The van der Waals surface area contributed by atoms with Crippen molar-refractivity contribution in [3.63, 3.8) is 0 Å². The van der Waals surface area contributed by atoms with E-state index >= 15 is 0 Å². The van der Waals surface area contributed by atoms with E-state index in [1.807, 2.05) is 24.3 Å². The van der Waals surface area contributed by atoms with Crippen molar-refractivity contribution in [3.05, 3.63) is 29.8 Å². The zero-order valence-electron chi connectivity index (χ0n) is 8.77. The van der Waals surface area contributed by atoms with Crippen LogP contribution in [0.3, 0.4) is 0 Å². The van der Waals surface area contributed by atoms with Crippen molar-refractivity contribution in [3.8, 4) is 5.75 Å². The molecule has 0 spiro atoms. The Kier molecular flexibility index (Phi) is 4.54. The van der Waals surface area contributed by atoms with Crippen molar-refractivity contribution in [1.29, 1.82) is 0 Å². The summed E-state index contributed by atoms with van der Waals surface area (Å²) >= 11 is 0. The molecule has 0 aliphatic carbocycles. The highest BCUT2D eigenvalue weighted by Gasteiger charge is 2.10. The van der Waals surface area contributed by atoms with Crippen LogP contribution in [0.25, 0.3) is 0 Å². The average molecular weight is 207 g/mol. The molecule has 0 aromatic heterocycles. The molecule has 0 saturated carbocycles. The number of hydrogen-bond acceptors (Lipinski definition) is 4. The maximum atomic E-state index is 10.0. The average Bonchev–Trinajstić information content (AvgIpc) is 2.30. The lowest BCUT2D eigenvalue weighted by Crippen LogP contribution is -2.05. The molecule has 1 aromatic rings. The van der Waals surface area contributed by atoms with Gasteiger partial charge >= 0.3 is 0 Å².